The molecule has 0 saturated carbocycles. The van der Waals surface area contributed by atoms with Crippen LogP contribution in [0.5, 0.6) is 11.5 Å². The average molecular weight is 438 g/mol. The molecule has 0 aliphatic heterocycles. The van der Waals surface area contributed by atoms with Gasteiger partial charge in [-0.15, -0.1) is 11.6 Å². The number of benzene rings is 2. The van der Waals surface area contributed by atoms with Crippen molar-refractivity contribution in [2.24, 2.45) is 0 Å². The maximum absolute atomic E-state index is 9.32. The lowest BCUT2D eigenvalue weighted by atomic mass is 10.3. The zero-order valence-electron chi connectivity index (χ0n) is 13.8. The van der Waals surface area contributed by atoms with Crippen LogP contribution in [0.15, 0.2) is 46.2 Å². The molecule has 142 valence electrons. The Balaban J connectivity index is 1.99. The van der Waals surface area contributed by atoms with Crippen molar-refractivity contribution >= 4 is 46.6 Å². The highest BCUT2D eigenvalue weighted by molar-refractivity contribution is 7.99. The molecule has 4 nitrogen and oxygen atoms in total. The van der Waals surface area contributed by atoms with E-state index in [9.17, 15) is 5.11 Å². The summed E-state index contributed by atoms with van der Waals surface area (Å²) >= 11 is 19.6. The molecular formula is C18H19Cl3O4S. The van der Waals surface area contributed by atoms with E-state index in [1.807, 2.05) is 24.3 Å². The predicted molar refractivity (Wildman–Crippen MR) is 106 cm³/mol. The number of aliphatic hydroxyl groups excluding tert-OH is 2. The van der Waals surface area contributed by atoms with Crippen LogP contribution in [-0.2, 0) is 0 Å². The smallest absolute Gasteiger partial charge is 0.138 e. The van der Waals surface area contributed by atoms with Crippen molar-refractivity contribution in [2.75, 3.05) is 25.7 Å². The lowest BCUT2D eigenvalue weighted by Gasteiger charge is -2.12. The topological polar surface area (TPSA) is 58.9 Å². The molecule has 0 radical (unpaired) electrons. The minimum atomic E-state index is -0.938. The Bertz CT molecular complexity index is 715. The Morgan fingerprint density at radius 2 is 1.54 bits per heavy atom. The first-order valence-corrected chi connectivity index (χ1v) is 10.0. The molecule has 2 aromatic carbocycles. The summed E-state index contributed by atoms with van der Waals surface area (Å²) in [5.41, 5.74) is 0. The van der Waals surface area contributed by atoms with Gasteiger partial charge < -0.3 is 19.7 Å². The maximum atomic E-state index is 9.32. The number of hydrogen-bond acceptors (Lipinski definition) is 5. The molecule has 1 unspecified atom stereocenters. The molecule has 0 amide bonds. The molecule has 0 aliphatic rings. The van der Waals surface area contributed by atoms with Gasteiger partial charge in [0.2, 0.25) is 0 Å². The molecule has 0 saturated heterocycles. The molecule has 0 heterocycles. The normalized spacial score (nSPS) is 12.0. The predicted octanol–water partition coefficient (Wildman–Crippen LogP) is 4.88. The van der Waals surface area contributed by atoms with Gasteiger partial charge in [-0.25, -0.2) is 0 Å². The summed E-state index contributed by atoms with van der Waals surface area (Å²) < 4.78 is 10.9. The van der Waals surface area contributed by atoms with Crippen molar-refractivity contribution in [3.8, 4) is 11.5 Å². The lowest BCUT2D eigenvalue weighted by molar-refractivity contribution is 0.0536. The van der Waals surface area contributed by atoms with Crippen LogP contribution >= 0.6 is 46.6 Å². The maximum Gasteiger partial charge on any atom is 0.138 e. The molecule has 2 rings (SSSR count). The lowest BCUT2D eigenvalue weighted by Crippen LogP contribution is -2.21. The fourth-order valence-corrected chi connectivity index (χ4v) is 3.54. The summed E-state index contributed by atoms with van der Waals surface area (Å²) in [7, 11) is 0. The van der Waals surface area contributed by atoms with Crippen molar-refractivity contribution in [1.82, 2.24) is 0 Å². The van der Waals surface area contributed by atoms with E-state index in [4.69, 9.17) is 49.4 Å². The van der Waals surface area contributed by atoms with Crippen molar-refractivity contribution < 1.29 is 19.7 Å². The second-order valence-corrected chi connectivity index (χ2v) is 7.66. The summed E-state index contributed by atoms with van der Waals surface area (Å²) in [6.07, 6.45) is -0.177. The SMILES string of the molecule is OCC(O)COc1ccc(Sc2ccc(OCCCCl)c(Cl)c2)cc1Cl. The second-order valence-electron chi connectivity index (χ2n) is 5.32. The minimum absolute atomic E-state index is 0.0243. The highest BCUT2D eigenvalue weighted by Gasteiger charge is 2.09. The number of aliphatic hydroxyl groups is 2. The highest BCUT2D eigenvalue weighted by Crippen LogP contribution is 2.36. The Hall–Kier alpha value is -0.820. The van der Waals surface area contributed by atoms with Crippen LogP contribution in [0.1, 0.15) is 6.42 Å². The van der Waals surface area contributed by atoms with E-state index in [1.54, 1.807) is 12.1 Å². The molecule has 26 heavy (non-hydrogen) atoms. The van der Waals surface area contributed by atoms with Crippen molar-refractivity contribution in [1.29, 1.82) is 0 Å². The van der Waals surface area contributed by atoms with Gasteiger partial charge in [-0.2, -0.15) is 0 Å². The average Bonchev–Trinajstić information content (AvgIpc) is 2.62. The monoisotopic (exact) mass is 436 g/mol. The Morgan fingerprint density at radius 3 is 2.04 bits per heavy atom. The fourth-order valence-electron chi connectivity index (χ4n) is 1.94. The zero-order valence-corrected chi connectivity index (χ0v) is 16.9. The number of alkyl halides is 1. The quantitative estimate of drug-likeness (QED) is 0.409. The number of halogens is 3. The number of rotatable bonds is 10. The molecule has 2 N–H and O–H groups in total. The molecule has 0 aliphatic carbocycles. The Kier molecular flexibility index (Phi) is 9.19. The van der Waals surface area contributed by atoms with Crippen molar-refractivity contribution in [3.63, 3.8) is 0 Å². The Morgan fingerprint density at radius 1 is 0.962 bits per heavy atom. The minimum Gasteiger partial charge on any atom is -0.492 e. The largest absolute Gasteiger partial charge is 0.492 e. The van der Waals surface area contributed by atoms with Crippen LogP contribution in [0.25, 0.3) is 0 Å². The Labute approximate surface area is 172 Å². The summed E-state index contributed by atoms with van der Waals surface area (Å²) in [5, 5.41) is 19.1. The number of ether oxygens (including phenoxy) is 2. The third kappa shape index (κ3) is 6.72. The second kappa shape index (κ2) is 11.1. The highest BCUT2D eigenvalue weighted by atomic mass is 35.5. The van der Waals surface area contributed by atoms with Crippen LogP contribution in [-0.4, -0.2) is 42.0 Å². The summed E-state index contributed by atoms with van der Waals surface area (Å²) in [5.74, 6) is 1.63. The van der Waals surface area contributed by atoms with Crippen LogP contribution < -0.4 is 9.47 Å². The molecule has 1 atom stereocenters. The van der Waals surface area contributed by atoms with Gasteiger partial charge in [0.25, 0.3) is 0 Å². The van der Waals surface area contributed by atoms with E-state index in [0.717, 1.165) is 16.2 Å². The van der Waals surface area contributed by atoms with Crippen LogP contribution in [0.2, 0.25) is 10.0 Å². The summed E-state index contributed by atoms with van der Waals surface area (Å²) in [6.45, 7) is 0.138. The third-order valence-corrected chi connectivity index (χ3v) is 5.06. The van der Waals surface area contributed by atoms with Crippen LogP contribution in [0.3, 0.4) is 0 Å². The number of hydrogen-bond donors (Lipinski definition) is 2. The fraction of sp³-hybridized carbons (Fsp3) is 0.333. The van der Waals surface area contributed by atoms with E-state index in [1.165, 1.54) is 11.8 Å². The van der Waals surface area contributed by atoms with Gasteiger partial charge >= 0.3 is 0 Å². The van der Waals surface area contributed by atoms with Gasteiger partial charge in [-0.3, -0.25) is 0 Å². The van der Waals surface area contributed by atoms with Gasteiger partial charge in [0, 0.05) is 15.7 Å². The molecule has 0 spiro atoms. The zero-order chi connectivity index (χ0) is 18.9. The van der Waals surface area contributed by atoms with Crippen LogP contribution in [0.4, 0.5) is 0 Å². The van der Waals surface area contributed by atoms with E-state index in [-0.39, 0.29) is 13.2 Å². The van der Waals surface area contributed by atoms with Crippen LogP contribution in [0, 0.1) is 0 Å². The summed E-state index contributed by atoms with van der Waals surface area (Å²) in [4.78, 5) is 1.86. The molecule has 8 heteroatoms. The molecule has 0 bridgehead atoms. The van der Waals surface area contributed by atoms with E-state index < -0.39 is 6.10 Å². The molecule has 0 fully saturated rings. The van der Waals surface area contributed by atoms with Gasteiger partial charge in [0.15, 0.2) is 0 Å². The van der Waals surface area contributed by atoms with Crippen molar-refractivity contribution in [3.05, 3.63) is 46.4 Å². The van der Waals surface area contributed by atoms with Gasteiger partial charge in [-0.1, -0.05) is 35.0 Å². The molecular weight excluding hydrogens is 419 g/mol. The molecule has 2 aromatic rings. The van der Waals surface area contributed by atoms with E-state index in [2.05, 4.69) is 0 Å². The molecule has 0 aromatic heterocycles. The first-order valence-electron chi connectivity index (χ1n) is 7.91. The third-order valence-electron chi connectivity index (χ3n) is 3.22. The van der Waals surface area contributed by atoms with E-state index >= 15 is 0 Å². The van der Waals surface area contributed by atoms with Gasteiger partial charge in [0.05, 0.1) is 23.3 Å². The van der Waals surface area contributed by atoms with Gasteiger partial charge in [0.1, 0.15) is 24.2 Å². The van der Waals surface area contributed by atoms with Crippen molar-refractivity contribution in [2.45, 2.75) is 22.3 Å². The summed E-state index contributed by atoms with van der Waals surface area (Å²) in [6, 6.07) is 10.9. The van der Waals surface area contributed by atoms with E-state index in [0.29, 0.717) is 34.0 Å². The standard InChI is InChI=1S/C18H19Cl3O4S/c19-6-1-7-24-17-4-2-13(8-15(17)20)26-14-3-5-18(16(21)9-14)25-11-12(23)10-22/h2-5,8-9,12,22-23H,1,6-7,10-11H2. The first kappa shape index (κ1) is 21.5. The first-order chi connectivity index (χ1) is 12.5. The van der Waals surface area contributed by atoms with Gasteiger partial charge in [-0.05, 0) is 42.8 Å².